The molecular weight excluding hydrogens is 432 g/mol. The van der Waals surface area contributed by atoms with Crippen molar-refractivity contribution in [2.24, 2.45) is 0 Å². The zero-order valence-corrected chi connectivity index (χ0v) is 16.3. The summed E-state index contributed by atoms with van der Waals surface area (Å²) in [7, 11) is 1.32. The van der Waals surface area contributed by atoms with Gasteiger partial charge in [0, 0.05) is 11.1 Å². The van der Waals surface area contributed by atoms with E-state index in [0.717, 1.165) is 0 Å². The molecule has 0 saturated carbocycles. The first kappa shape index (κ1) is 24.0. The number of nitrogens with one attached hydrogen (secondary N) is 1. The molecule has 0 heterocycles. The molecule has 168 valence electrons. The number of ketones is 1. The highest BCUT2D eigenvalue weighted by Crippen LogP contribution is 2.36. The Morgan fingerprint density at radius 1 is 0.968 bits per heavy atom. The van der Waals surface area contributed by atoms with Crippen molar-refractivity contribution in [1.29, 1.82) is 0 Å². The van der Waals surface area contributed by atoms with Crippen molar-refractivity contribution < 1.29 is 45.4 Å². The molecule has 2 rings (SSSR count). The second kappa shape index (κ2) is 9.27. The van der Waals surface area contributed by atoms with Crippen LogP contribution in [0.5, 0.6) is 11.5 Å². The summed E-state index contributed by atoms with van der Waals surface area (Å²) in [5.41, 5.74) is -1.22. The van der Waals surface area contributed by atoms with Crippen molar-refractivity contribution >= 4 is 17.4 Å². The number of ether oxygens (including phenoxy) is 2. The number of amides is 1. The topological polar surface area (TPSA) is 64.6 Å². The lowest BCUT2D eigenvalue weighted by molar-refractivity contribution is -0.153. The van der Waals surface area contributed by atoms with Crippen LogP contribution in [0, 0.1) is 0 Å². The van der Waals surface area contributed by atoms with E-state index in [9.17, 15) is 35.9 Å². The van der Waals surface area contributed by atoms with Gasteiger partial charge in [0.05, 0.1) is 24.8 Å². The minimum absolute atomic E-state index is 0.248. The number of carbonyl (C=O) groups excluding carboxylic acids is 2. The van der Waals surface area contributed by atoms with Gasteiger partial charge in [0.15, 0.2) is 12.4 Å². The summed E-state index contributed by atoms with van der Waals surface area (Å²) in [4.78, 5) is 24.0. The first-order valence-corrected chi connectivity index (χ1v) is 8.68. The number of methoxy groups -OCH3 is 1. The van der Waals surface area contributed by atoms with Gasteiger partial charge >= 0.3 is 12.4 Å². The third-order valence-corrected chi connectivity index (χ3v) is 4.01. The Balaban J connectivity index is 2.32. The molecule has 5 nitrogen and oxygen atoms in total. The average molecular weight is 449 g/mol. The number of halogens is 6. The lowest BCUT2D eigenvalue weighted by Gasteiger charge is -2.16. The van der Waals surface area contributed by atoms with Crippen LogP contribution >= 0.6 is 0 Å². The Bertz CT molecular complexity index is 969. The van der Waals surface area contributed by atoms with E-state index >= 15 is 0 Å². The minimum Gasteiger partial charge on any atom is -0.496 e. The van der Waals surface area contributed by atoms with Gasteiger partial charge in [0.25, 0.3) is 0 Å². The van der Waals surface area contributed by atoms with E-state index in [4.69, 9.17) is 4.74 Å². The van der Waals surface area contributed by atoms with Crippen LogP contribution < -0.4 is 14.8 Å². The van der Waals surface area contributed by atoms with Gasteiger partial charge in [-0.2, -0.15) is 26.3 Å². The Kier molecular flexibility index (Phi) is 7.19. The summed E-state index contributed by atoms with van der Waals surface area (Å²) in [6, 6.07) is 6.02. The van der Waals surface area contributed by atoms with E-state index in [1.807, 2.05) is 0 Å². The van der Waals surface area contributed by atoms with Crippen LogP contribution in [-0.2, 0) is 17.4 Å². The number of Topliss-reactive ketones (excluding diaryl/α,β-unsaturated/α-hetero) is 1. The van der Waals surface area contributed by atoms with Gasteiger partial charge in [-0.05, 0) is 43.3 Å². The molecule has 2 aromatic carbocycles. The fraction of sp³-hybridized carbons (Fsp3) is 0.300. The summed E-state index contributed by atoms with van der Waals surface area (Å²) in [6.07, 6.45) is -9.94. The monoisotopic (exact) mass is 449 g/mol. The van der Waals surface area contributed by atoms with E-state index in [0.29, 0.717) is 18.2 Å². The molecule has 1 N–H and O–H groups in total. The smallest absolute Gasteiger partial charge is 0.422 e. The number of hydrogen-bond acceptors (Lipinski definition) is 4. The third kappa shape index (κ3) is 6.90. The Morgan fingerprint density at radius 3 is 2.16 bits per heavy atom. The Hall–Kier alpha value is -3.24. The fourth-order valence-electron chi connectivity index (χ4n) is 2.59. The fourth-order valence-corrected chi connectivity index (χ4v) is 2.59. The molecule has 2 aromatic rings. The summed E-state index contributed by atoms with van der Waals surface area (Å²) in [5, 5.41) is 2.14. The van der Waals surface area contributed by atoms with Crippen molar-refractivity contribution in [3.63, 3.8) is 0 Å². The van der Waals surface area contributed by atoms with Crippen LogP contribution in [0.3, 0.4) is 0 Å². The van der Waals surface area contributed by atoms with Gasteiger partial charge in [-0.3, -0.25) is 9.59 Å². The molecule has 0 aliphatic heterocycles. The van der Waals surface area contributed by atoms with Gasteiger partial charge < -0.3 is 14.8 Å². The molecule has 1 amide bonds. The molecule has 0 aliphatic rings. The van der Waals surface area contributed by atoms with E-state index in [2.05, 4.69) is 10.1 Å². The number of alkyl halides is 6. The number of hydrogen-bond donors (Lipinski definition) is 1. The third-order valence-electron chi connectivity index (χ3n) is 4.01. The van der Waals surface area contributed by atoms with E-state index in [1.54, 1.807) is 0 Å². The standard InChI is InChI=1S/C20H17F6NO4/c1-11(28)12-3-5-16(30-2)13(7-12)8-18(29)27-15-9-14(20(24,25)26)4-6-17(15)31-10-19(21,22)23/h3-7,9H,8,10H2,1-2H3,(H,27,29). The highest BCUT2D eigenvalue weighted by Gasteiger charge is 2.33. The maximum atomic E-state index is 13.0. The van der Waals surface area contributed by atoms with Gasteiger partial charge in [-0.25, -0.2) is 0 Å². The van der Waals surface area contributed by atoms with E-state index < -0.39 is 48.3 Å². The molecule has 11 heteroatoms. The maximum Gasteiger partial charge on any atom is 0.422 e. The lowest BCUT2D eigenvalue weighted by atomic mass is 10.0. The molecule has 31 heavy (non-hydrogen) atoms. The zero-order chi connectivity index (χ0) is 23.4. The molecule has 0 bridgehead atoms. The first-order valence-electron chi connectivity index (χ1n) is 8.68. The van der Waals surface area contributed by atoms with Crippen molar-refractivity contribution in [1.82, 2.24) is 0 Å². The highest BCUT2D eigenvalue weighted by molar-refractivity contribution is 5.96. The molecule has 0 aliphatic carbocycles. The maximum absolute atomic E-state index is 13.0. The van der Waals surface area contributed by atoms with Crippen molar-refractivity contribution in [2.45, 2.75) is 25.7 Å². The van der Waals surface area contributed by atoms with Crippen LogP contribution in [0.1, 0.15) is 28.4 Å². The van der Waals surface area contributed by atoms with Crippen LogP contribution in [0.25, 0.3) is 0 Å². The van der Waals surface area contributed by atoms with Gasteiger partial charge in [-0.15, -0.1) is 0 Å². The van der Waals surface area contributed by atoms with Crippen molar-refractivity contribution in [2.75, 3.05) is 19.0 Å². The molecule has 0 unspecified atom stereocenters. The first-order chi connectivity index (χ1) is 14.3. The number of anilines is 1. The van der Waals surface area contributed by atoms with E-state index in [1.165, 1.54) is 32.2 Å². The van der Waals surface area contributed by atoms with Gasteiger partial charge in [0.2, 0.25) is 5.91 Å². The minimum atomic E-state index is -4.79. The zero-order valence-electron chi connectivity index (χ0n) is 16.3. The van der Waals surface area contributed by atoms with Crippen LogP contribution in [0.2, 0.25) is 0 Å². The molecule has 0 spiro atoms. The number of carbonyl (C=O) groups is 2. The molecule has 0 atom stereocenters. The van der Waals surface area contributed by atoms with Gasteiger partial charge in [-0.1, -0.05) is 0 Å². The average Bonchev–Trinajstić information content (AvgIpc) is 2.65. The molecule has 0 aromatic heterocycles. The van der Waals surface area contributed by atoms with Crippen molar-refractivity contribution in [3.05, 3.63) is 53.1 Å². The molecule has 0 saturated heterocycles. The normalized spacial score (nSPS) is 11.7. The molecule has 0 fully saturated rings. The predicted octanol–water partition coefficient (Wildman–Crippen LogP) is 5.04. The predicted molar refractivity (Wildman–Crippen MR) is 98.3 cm³/mol. The number of benzene rings is 2. The largest absolute Gasteiger partial charge is 0.496 e. The van der Waals surface area contributed by atoms with Crippen LogP contribution in [-0.4, -0.2) is 31.6 Å². The summed E-state index contributed by atoms with van der Waals surface area (Å²) in [5.74, 6) is -1.47. The van der Waals surface area contributed by atoms with Crippen molar-refractivity contribution in [3.8, 4) is 11.5 Å². The SMILES string of the molecule is COc1ccc(C(C)=O)cc1CC(=O)Nc1cc(C(F)(F)F)ccc1OCC(F)(F)F. The molecular formula is C20H17F6NO4. The quantitative estimate of drug-likeness (QED) is 0.475. The second-order valence-corrected chi connectivity index (χ2v) is 6.42. The Labute approximate surface area is 173 Å². The van der Waals surface area contributed by atoms with E-state index in [-0.39, 0.29) is 22.7 Å². The summed E-state index contributed by atoms with van der Waals surface area (Å²) >= 11 is 0. The van der Waals surface area contributed by atoms with Gasteiger partial charge in [0.1, 0.15) is 11.5 Å². The summed E-state index contributed by atoms with van der Waals surface area (Å²) in [6.45, 7) is -0.450. The number of rotatable bonds is 7. The summed E-state index contributed by atoms with van der Waals surface area (Å²) < 4.78 is 86.0. The molecule has 0 radical (unpaired) electrons. The van der Waals surface area contributed by atoms with Crippen LogP contribution in [0.4, 0.5) is 32.0 Å². The van der Waals surface area contributed by atoms with Crippen LogP contribution in [0.15, 0.2) is 36.4 Å². The lowest BCUT2D eigenvalue weighted by Crippen LogP contribution is -2.21. The highest BCUT2D eigenvalue weighted by atomic mass is 19.4. The second-order valence-electron chi connectivity index (χ2n) is 6.42. The Morgan fingerprint density at radius 2 is 1.61 bits per heavy atom.